The van der Waals surface area contributed by atoms with Crippen molar-refractivity contribution in [3.63, 3.8) is 0 Å². The highest BCUT2D eigenvalue weighted by atomic mass is 16.3. The summed E-state index contributed by atoms with van der Waals surface area (Å²) < 4.78 is 12.0. The van der Waals surface area contributed by atoms with E-state index in [0.717, 1.165) is 43.9 Å². The van der Waals surface area contributed by atoms with Crippen molar-refractivity contribution in [2.24, 2.45) is 0 Å². The largest absolute Gasteiger partial charge is 0.456 e. The van der Waals surface area contributed by atoms with Gasteiger partial charge in [0.25, 0.3) is 0 Å². The third kappa shape index (κ3) is 1.62. The van der Waals surface area contributed by atoms with Crippen LogP contribution in [0.4, 0.5) is 0 Å². The molecule has 110 valence electrons. The molecule has 5 rings (SSSR count). The van der Waals surface area contributed by atoms with E-state index >= 15 is 0 Å². The summed E-state index contributed by atoms with van der Waals surface area (Å²) in [5.74, 6) is 0.0398. The molecule has 0 aliphatic carbocycles. The van der Waals surface area contributed by atoms with Gasteiger partial charge in [0.1, 0.15) is 22.3 Å². The van der Waals surface area contributed by atoms with Crippen LogP contribution < -0.4 is 0 Å². The normalized spacial score (nSPS) is 11.9. The summed E-state index contributed by atoms with van der Waals surface area (Å²) in [5, 5.41) is 3.99. The summed E-state index contributed by atoms with van der Waals surface area (Å²) in [7, 11) is 0. The third-order valence-electron chi connectivity index (χ3n) is 4.38. The highest BCUT2D eigenvalue weighted by Crippen LogP contribution is 2.39. The van der Waals surface area contributed by atoms with Gasteiger partial charge in [-0.3, -0.25) is 4.79 Å². The van der Waals surface area contributed by atoms with Crippen LogP contribution in [0.15, 0.2) is 63.4 Å². The Morgan fingerprint density at radius 3 is 2.43 bits per heavy atom. The minimum absolute atomic E-state index is 0.0398. The second-order valence-electron chi connectivity index (χ2n) is 5.78. The molecular formula is C20H12O3. The Kier molecular flexibility index (Phi) is 2.29. The van der Waals surface area contributed by atoms with Gasteiger partial charge in [-0.15, -0.1) is 0 Å². The number of hydrogen-bond donors (Lipinski definition) is 0. The van der Waals surface area contributed by atoms with Crippen LogP contribution in [0.3, 0.4) is 0 Å². The molecule has 0 radical (unpaired) electrons. The van der Waals surface area contributed by atoms with Crippen LogP contribution in [0.5, 0.6) is 0 Å². The Labute approximate surface area is 131 Å². The van der Waals surface area contributed by atoms with Crippen molar-refractivity contribution in [3.05, 3.63) is 60.2 Å². The molecule has 23 heavy (non-hydrogen) atoms. The quantitative estimate of drug-likeness (QED) is 0.374. The molecule has 0 N–H and O–H groups in total. The van der Waals surface area contributed by atoms with Gasteiger partial charge in [-0.25, -0.2) is 0 Å². The summed E-state index contributed by atoms with van der Waals surface area (Å²) in [6.45, 7) is 1.57. The number of hydrogen-bond acceptors (Lipinski definition) is 3. The molecule has 0 fully saturated rings. The average molecular weight is 300 g/mol. The molecule has 3 nitrogen and oxygen atoms in total. The number of fused-ring (bicyclic) bond motifs is 7. The van der Waals surface area contributed by atoms with Crippen molar-refractivity contribution in [3.8, 4) is 0 Å². The van der Waals surface area contributed by atoms with Gasteiger partial charge in [0.2, 0.25) is 0 Å². The summed E-state index contributed by atoms with van der Waals surface area (Å²) in [4.78, 5) is 11.7. The highest BCUT2D eigenvalue weighted by molar-refractivity contribution is 6.22. The SMILES string of the molecule is CC(=O)c1ccc2oc3ccc4c5ccccc5oc4c3c2c1. The van der Waals surface area contributed by atoms with Crippen LogP contribution in [0.1, 0.15) is 17.3 Å². The fraction of sp³-hybridized carbons (Fsp3) is 0.0500. The third-order valence-corrected chi connectivity index (χ3v) is 4.38. The van der Waals surface area contributed by atoms with Crippen LogP contribution in [-0.2, 0) is 0 Å². The van der Waals surface area contributed by atoms with Crippen molar-refractivity contribution in [1.82, 2.24) is 0 Å². The molecule has 0 amide bonds. The van der Waals surface area contributed by atoms with E-state index in [0.29, 0.717) is 5.56 Å². The van der Waals surface area contributed by atoms with E-state index in [9.17, 15) is 4.79 Å². The van der Waals surface area contributed by atoms with Gasteiger partial charge in [-0.2, -0.15) is 0 Å². The maximum absolute atomic E-state index is 11.7. The topological polar surface area (TPSA) is 43.4 Å². The van der Waals surface area contributed by atoms with E-state index in [4.69, 9.17) is 8.83 Å². The lowest BCUT2D eigenvalue weighted by Gasteiger charge is -1.95. The molecule has 0 atom stereocenters. The zero-order valence-electron chi connectivity index (χ0n) is 12.4. The molecule has 0 bridgehead atoms. The van der Waals surface area contributed by atoms with E-state index < -0.39 is 0 Å². The molecule has 0 saturated heterocycles. The first kappa shape index (κ1) is 12.5. The van der Waals surface area contributed by atoms with Gasteiger partial charge in [0, 0.05) is 21.7 Å². The number of Topliss-reactive ketones (excluding diaryl/α,β-unsaturated/α-hetero) is 1. The van der Waals surface area contributed by atoms with Crippen LogP contribution in [-0.4, -0.2) is 5.78 Å². The number of benzene rings is 3. The second kappa shape index (κ2) is 4.23. The zero-order valence-corrected chi connectivity index (χ0v) is 12.4. The molecule has 0 unspecified atom stereocenters. The fourth-order valence-electron chi connectivity index (χ4n) is 3.26. The van der Waals surface area contributed by atoms with Gasteiger partial charge in [0.05, 0.1) is 5.39 Å². The Balaban J connectivity index is 2.03. The minimum atomic E-state index is 0.0398. The first-order valence-corrected chi connectivity index (χ1v) is 7.50. The van der Waals surface area contributed by atoms with Crippen molar-refractivity contribution >= 4 is 49.7 Å². The monoisotopic (exact) mass is 300 g/mol. The summed E-state index contributed by atoms with van der Waals surface area (Å²) in [5.41, 5.74) is 3.87. The average Bonchev–Trinajstić information content (AvgIpc) is 3.11. The van der Waals surface area contributed by atoms with Crippen LogP contribution in [0, 0.1) is 0 Å². The van der Waals surface area contributed by atoms with Crippen LogP contribution in [0.2, 0.25) is 0 Å². The summed E-state index contributed by atoms with van der Waals surface area (Å²) in [6.07, 6.45) is 0. The summed E-state index contributed by atoms with van der Waals surface area (Å²) in [6, 6.07) is 17.5. The van der Waals surface area contributed by atoms with E-state index in [-0.39, 0.29) is 5.78 Å². The molecule has 2 heterocycles. The Hall–Kier alpha value is -3.07. The molecule has 0 spiro atoms. The van der Waals surface area contributed by atoms with Crippen molar-refractivity contribution in [2.45, 2.75) is 6.92 Å². The van der Waals surface area contributed by atoms with E-state index in [1.165, 1.54) is 0 Å². The first-order valence-electron chi connectivity index (χ1n) is 7.50. The Morgan fingerprint density at radius 1 is 0.783 bits per heavy atom. The molecule has 0 aliphatic heterocycles. The number of carbonyl (C=O) groups is 1. The van der Waals surface area contributed by atoms with Crippen molar-refractivity contribution in [1.29, 1.82) is 0 Å². The lowest BCUT2D eigenvalue weighted by atomic mass is 10.0. The van der Waals surface area contributed by atoms with Crippen molar-refractivity contribution in [2.75, 3.05) is 0 Å². The molecule has 5 aromatic rings. The Bertz CT molecular complexity index is 1240. The Morgan fingerprint density at radius 2 is 1.57 bits per heavy atom. The highest BCUT2D eigenvalue weighted by Gasteiger charge is 2.16. The molecule has 0 saturated carbocycles. The van der Waals surface area contributed by atoms with Crippen LogP contribution >= 0.6 is 0 Å². The number of para-hydroxylation sites is 1. The second-order valence-corrected chi connectivity index (χ2v) is 5.78. The lowest BCUT2D eigenvalue weighted by Crippen LogP contribution is -1.89. The number of ketones is 1. The number of furan rings is 2. The lowest BCUT2D eigenvalue weighted by molar-refractivity contribution is 0.101. The number of rotatable bonds is 1. The van der Waals surface area contributed by atoms with E-state index in [1.807, 2.05) is 42.5 Å². The molecule has 2 aromatic heterocycles. The first-order chi connectivity index (χ1) is 11.2. The molecule has 0 aliphatic rings. The maximum Gasteiger partial charge on any atom is 0.159 e. The molecule has 3 heteroatoms. The molecule has 3 aromatic carbocycles. The standard InChI is InChI=1S/C20H12O3/c1-11(21)12-6-8-17-15(10-12)19-18(22-17)9-7-14-13-4-2-3-5-16(13)23-20(14)19/h2-10H,1H3. The zero-order chi connectivity index (χ0) is 15.6. The maximum atomic E-state index is 11.7. The fourth-order valence-corrected chi connectivity index (χ4v) is 3.26. The van der Waals surface area contributed by atoms with Crippen LogP contribution in [0.25, 0.3) is 43.9 Å². The number of carbonyl (C=O) groups excluding carboxylic acids is 1. The van der Waals surface area contributed by atoms with E-state index in [2.05, 4.69) is 6.07 Å². The molecular weight excluding hydrogens is 288 g/mol. The van der Waals surface area contributed by atoms with E-state index in [1.54, 1.807) is 13.0 Å². The summed E-state index contributed by atoms with van der Waals surface area (Å²) >= 11 is 0. The minimum Gasteiger partial charge on any atom is -0.456 e. The smallest absolute Gasteiger partial charge is 0.159 e. The van der Waals surface area contributed by atoms with Gasteiger partial charge in [-0.05, 0) is 43.3 Å². The van der Waals surface area contributed by atoms with Gasteiger partial charge < -0.3 is 8.83 Å². The van der Waals surface area contributed by atoms with Crippen molar-refractivity contribution < 1.29 is 13.6 Å². The van der Waals surface area contributed by atoms with Gasteiger partial charge in [0.15, 0.2) is 5.78 Å². The predicted molar refractivity (Wildman–Crippen MR) is 91.0 cm³/mol. The van der Waals surface area contributed by atoms with Gasteiger partial charge >= 0.3 is 0 Å². The van der Waals surface area contributed by atoms with Gasteiger partial charge in [-0.1, -0.05) is 18.2 Å². The predicted octanol–water partition coefficient (Wildman–Crippen LogP) is 5.69.